The third-order valence-electron chi connectivity index (χ3n) is 9.29. The lowest BCUT2D eigenvalue weighted by molar-refractivity contribution is -0.151. The van der Waals surface area contributed by atoms with Gasteiger partial charge in [0.15, 0.2) is 5.78 Å². The first-order valence-corrected chi connectivity index (χ1v) is 10.9. The highest BCUT2D eigenvalue weighted by atomic mass is 16.5. The molecule has 27 heavy (non-hydrogen) atoms. The van der Waals surface area contributed by atoms with Crippen LogP contribution in [0.3, 0.4) is 0 Å². The normalized spacial score (nSPS) is 46.2. The topological polar surface area (TPSA) is 60.4 Å². The summed E-state index contributed by atoms with van der Waals surface area (Å²) in [5.41, 5.74) is 0.379. The fraction of sp³-hybridized carbons (Fsp3) is 0.870. The molecule has 4 nitrogen and oxygen atoms in total. The zero-order chi connectivity index (χ0) is 19.4. The molecule has 4 rings (SSSR count). The van der Waals surface area contributed by atoms with Gasteiger partial charge < -0.3 is 4.74 Å². The predicted molar refractivity (Wildman–Crippen MR) is 102 cm³/mol. The van der Waals surface area contributed by atoms with Crippen LogP contribution < -0.4 is 0 Å². The van der Waals surface area contributed by atoms with Gasteiger partial charge in [0.05, 0.1) is 0 Å². The Kier molecular flexibility index (Phi) is 4.75. The number of ketones is 2. The van der Waals surface area contributed by atoms with Crippen LogP contribution in [0.2, 0.25) is 0 Å². The van der Waals surface area contributed by atoms with Gasteiger partial charge in [0.2, 0.25) is 0 Å². The van der Waals surface area contributed by atoms with Gasteiger partial charge >= 0.3 is 5.97 Å². The zero-order valence-electron chi connectivity index (χ0n) is 17.1. The molecule has 7 atom stereocenters. The van der Waals surface area contributed by atoms with Crippen LogP contribution in [-0.2, 0) is 19.1 Å². The standard InChI is InChI=1S/C23H34O4/c1-14(24)27-13-21(26)20-7-6-18-17-5-4-15-12-16(25)8-10-22(15,2)19(17)9-11-23(18,20)3/h15,17-20H,4-13H2,1-3H3/t15-,17?,18?,19?,20?,22?,23?/m0/s1. The molecule has 4 aliphatic carbocycles. The summed E-state index contributed by atoms with van der Waals surface area (Å²) in [4.78, 5) is 35.9. The van der Waals surface area contributed by atoms with E-state index in [0.29, 0.717) is 34.9 Å². The van der Waals surface area contributed by atoms with Gasteiger partial charge in [-0.25, -0.2) is 0 Å². The molecule has 0 aromatic carbocycles. The molecule has 0 aromatic rings. The van der Waals surface area contributed by atoms with Crippen molar-refractivity contribution in [3.05, 3.63) is 0 Å². The molecule has 4 aliphatic rings. The van der Waals surface area contributed by atoms with Crippen LogP contribution in [0.15, 0.2) is 0 Å². The molecule has 0 heterocycles. The summed E-state index contributed by atoms with van der Waals surface area (Å²) >= 11 is 0. The number of hydrogen-bond donors (Lipinski definition) is 0. The molecule has 0 aliphatic heterocycles. The Morgan fingerprint density at radius 1 is 1.00 bits per heavy atom. The summed E-state index contributed by atoms with van der Waals surface area (Å²) in [5.74, 6) is 2.86. The Morgan fingerprint density at radius 3 is 2.48 bits per heavy atom. The van der Waals surface area contributed by atoms with Gasteiger partial charge in [0.25, 0.3) is 0 Å². The second kappa shape index (κ2) is 6.70. The largest absolute Gasteiger partial charge is 0.458 e. The lowest BCUT2D eigenvalue weighted by atomic mass is 9.44. The van der Waals surface area contributed by atoms with E-state index in [1.54, 1.807) is 0 Å². The first-order valence-electron chi connectivity index (χ1n) is 10.9. The Morgan fingerprint density at radius 2 is 1.74 bits per heavy atom. The summed E-state index contributed by atoms with van der Waals surface area (Å²) in [6.07, 6.45) is 9.41. The van der Waals surface area contributed by atoms with Gasteiger partial charge in [-0.15, -0.1) is 0 Å². The van der Waals surface area contributed by atoms with Crippen molar-refractivity contribution in [3.8, 4) is 0 Å². The zero-order valence-corrected chi connectivity index (χ0v) is 17.1. The van der Waals surface area contributed by atoms with Crippen LogP contribution >= 0.6 is 0 Å². The van der Waals surface area contributed by atoms with Crippen molar-refractivity contribution in [2.24, 2.45) is 40.4 Å². The molecular formula is C23H34O4. The number of carbonyl (C=O) groups excluding carboxylic acids is 3. The van der Waals surface area contributed by atoms with Crippen molar-refractivity contribution < 1.29 is 19.1 Å². The molecule has 6 unspecified atom stereocenters. The van der Waals surface area contributed by atoms with Crippen LogP contribution in [0.1, 0.15) is 78.6 Å². The summed E-state index contributed by atoms with van der Waals surface area (Å²) in [6, 6.07) is 0. The summed E-state index contributed by atoms with van der Waals surface area (Å²) in [6.45, 7) is 6.10. The molecule has 4 heteroatoms. The molecule has 4 fully saturated rings. The van der Waals surface area contributed by atoms with E-state index in [4.69, 9.17) is 4.74 Å². The van der Waals surface area contributed by atoms with Crippen molar-refractivity contribution >= 4 is 17.5 Å². The first kappa shape index (κ1) is 19.1. The molecule has 0 bridgehead atoms. The minimum absolute atomic E-state index is 0.0428. The Labute approximate surface area is 162 Å². The average molecular weight is 375 g/mol. The number of esters is 1. The van der Waals surface area contributed by atoms with Gasteiger partial charge in [-0.05, 0) is 79.4 Å². The van der Waals surface area contributed by atoms with Crippen molar-refractivity contribution in [1.82, 2.24) is 0 Å². The van der Waals surface area contributed by atoms with Gasteiger partial charge in [-0.1, -0.05) is 13.8 Å². The third-order valence-corrected chi connectivity index (χ3v) is 9.29. The van der Waals surface area contributed by atoms with E-state index in [0.717, 1.165) is 38.5 Å². The van der Waals surface area contributed by atoms with Crippen LogP contribution in [0.4, 0.5) is 0 Å². The molecule has 4 saturated carbocycles. The minimum Gasteiger partial charge on any atom is -0.458 e. The van der Waals surface area contributed by atoms with Crippen molar-refractivity contribution in [2.75, 3.05) is 6.61 Å². The minimum atomic E-state index is -0.371. The quantitative estimate of drug-likeness (QED) is 0.689. The third kappa shape index (κ3) is 2.98. The molecule has 0 saturated heterocycles. The number of fused-ring (bicyclic) bond motifs is 5. The van der Waals surface area contributed by atoms with E-state index in [-0.39, 0.29) is 29.7 Å². The Bertz CT molecular complexity index is 655. The van der Waals surface area contributed by atoms with Gasteiger partial charge in [0, 0.05) is 25.7 Å². The van der Waals surface area contributed by atoms with E-state index in [9.17, 15) is 14.4 Å². The van der Waals surface area contributed by atoms with Crippen molar-refractivity contribution in [1.29, 1.82) is 0 Å². The van der Waals surface area contributed by atoms with Crippen molar-refractivity contribution in [3.63, 3.8) is 0 Å². The number of Topliss-reactive ketones (excluding diaryl/α,β-unsaturated/α-hetero) is 2. The lowest BCUT2D eigenvalue weighted by Crippen LogP contribution is -2.54. The summed E-state index contributed by atoms with van der Waals surface area (Å²) in [5, 5.41) is 0. The molecule has 0 amide bonds. The van der Waals surface area contributed by atoms with Gasteiger partial charge in [-0.3, -0.25) is 14.4 Å². The monoisotopic (exact) mass is 374 g/mol. The maximum Gasteiger partial charge on any atom is 0.303 e. The SMILES string of the molecule is CC(=O)OCC(=O)C1CCC2C3CC[C@H]4CC(=O)CCC4(C)C3CCC12C. The summed E-state index contributed by atoms with van der Waals surface area (Å²) < 4.78 is 5.02. The fourth-order valence-corrected chi connectivity index (χ4v) is 7.85. The summed E-state index contributed by atoms with van der Waals surface area (Å²) in [7, 11) is 0. The fourth-order valence-electron chi connectivity index (χ4n) is 7.85. The Balaban J connectivity index is 1.53. The predicted octanol–water partition coefficient (Wildman–Crippen LogP) is 4.35. The average Bonchev–Trinajstić information content (AvgIpc) is 2.97. The van der Waals surface area contributed by atoms with Crippen LogP contribution in [0.5, 0.6) is 0 Å². The maximum absolute atomic E-state index is 12.8. The van der Waals surface area contributed by atoms with Crippen LogP contribution in [0, 0.1) is 40.4 Å². The van der Waals surface area contributed by atoms with Crippen molar-refractivity contribution in [2.45, 2.75) is 78.6 Å². The number of rotatable bonds is 3. The second-order valence-corrected chi connectivity index (χ2v) is 10.3. The second-order valence-electron chi connectivity index (χ2n) is 10.3. The highest BCUT2D eigenvalue weighted by molar-refractivity contribution is 5.85. The molecule has 0 aromatic heterocycles. The highest BCUT2D eigenvalue weighted by Gasteiger charge is 2.61. The Hall–Kier alpha value is -1.19. The molecule has 0 radical (unpaired) electrons. The number of ether oxygens (including phenoxy) is 1. The van der Waals surface area contributed by atoms with Crippen LogP contribution in [0.25, 0.3) is 0 Å². The number of carbonyl (C=O) groups is 3. The van der Waals surface area contributed by atoms with Gasteiger partial charge in [0.1, 0.15) is 12.4 Å². The smallest absolute Gasteiger partial charge is 0.303 e. The molecule has 0 spiro atoms. The van der Waals surface area contributed by atoms with E-state index in [2.05, 4.69) is 13.8 Å². The lowest BCUT2D eigenvalue weighted by Gasteiger charge is -2.60. The van der Waals surface area contributed by atoms with E-state index < -0.39 is 0 Å². The van der Waals surface area contributed by atoms with E-state index in [1.807, 2.05) is 0 Å². The van der Waals surface area contributed by atoms with E-state index in [1.165, 1.54) is 26.2 Å². The van der Waals surface area contributed by atoms with Gasteiger partial charge in [-0.2, -0.15) is 0 Å². The molecule has 150 valence electrons. The highest BCUT2D eigenvalue weighted by Crippen LogP contribution is 2.67. The molecule has 0 N–H and O–H groups in total. The number of hydrogen-bond acceptors (Lipinski definition) is 4. The molecular weight excluding hydrogens is 340 g/mol. The van der Waals surface area contributed by atoms with E-state index >= 15 is 0 Å². The maximum atomic E-state index is 12.8. The van der Waals surface area contributed by atoms with Crippen LogP contribution in [-0.4, -0.2) is 24.1 Å². The first-order chi connectivity index (χ1) is 12.8.